The lowest BCUT2D eigenvalue weighted by atomic mass is 9.98. The van der Waals surface area contributed by atoms with Gasteiger partial charge in [0.2, 0.25) is 5.91 Å². The Hall–Kier alpha value is -2.30. The molecule has 1 amide bonds. The third-order valence-electron chi connectivity index (χ3n) is 4.92. The van der Waals surface area contributed by atoms with Crippen LogP contribution >= 0.6 is 0 Å². The van der Waals surface area contributed by atoms with Crippen molar-refractivity contribution in [2.75, 3.05) is 24.5 Å². The van der Waals surface area contributed by atoms with Gasteiger partial charge in [-0.3, -0.25) is 4.79 Å². The van der Waals surface area contributed by atoms with Gasteiger partial charge in [0.05, 0.1) is 6.54 Å². The first kappa shape index (κ1) is 14.3. The molecule has 1 fully saturated rings. The van der Waals surface area contributed by atoms with Crippen molar-refractivity contribution in [2.24, 2.45) is 0 Å². The Bertz CT molecular complexity index is 683. The van der Waals surface area contributed by atoms with Gasteiger partial charge in [-0.05, 0) is 24.5 Å². The van der Waals surface area contributed by atoms with Crippen LogP contribution in [0.2, 0.25) is 0 Å². The number of anilines is 1. The van der Waals surface area contributed by atoms with Crippen LogP contribution in [0.1, 0.15) is 36.4 Å². The van der Waals surface area contributed by atoms with Gasteiger partial charge in [-0.25, -0.2) is 0 Å². The molecule has 2 aliphatic heterocycles. The molecule has 0 saturated carbocycles. The molecular weight excluding hydrogens is 290 g/mol. The number of hydrogen-bond acceptors (Lipinski definition) is 4. The SMILES string of the molecule is O=C1CCCN1CC[C@@H]1CN(Cc2ccon2)c2ccccc21. The smallest absolute Gasteiger partial charge is 0.222 e. The van der Waals surface area contributed by atoms with Gasteiger partial charge < -0.3 is 14.3 Å². The summed E-state index contributed by atoms with van der Waals surface area (Å²) in [7, 11) is 0. The molecule has 1 aromatic heterocycles. The van der Waals surface area contributed by atoms with Gasteiger partial charge in [0, 0.05) is 43.7 Å². The maximum absolute atomic E-state index is 11.8. The fraction of sp³-hybridized carbons (Fsp3) is 0.444. The molecule has 0 spiro atoms. The molecule has 1 aromatic carbocycles. The van der Waals surface area contributed by atoms with Crippen molar-refractivity contribution in [3.8, 4) is 0 Å². The van der Waals surface area contributed by atoms with Crippen molar-refractivity contribution < 1.29 is 9.32 Å². The maximum atomic E-state index is 11.8. The summed E-state index contributed by atoms with van der Waals surface area (Å²) in [6, 6.07) is 10.5. The van der Waals surface area contributed by atoms with Crippen molar-refractivity contribution in [3.05, 3.63) is 47.9 Å². The lowest BCUT2D eigenvalue weighted by Crippen LogP contribution is -2.28. The summed E-state index contributed by atoms with van der Waals surface area (Å²) < 4.78 is 4.95. The van der Waals surface area contributed by atoms with Crippen LogP contribution in [0.4, 0.5) is 5.69 Å². The van der Waals surface area contributed by atoms with E-state index in [9.17, 15) is 4.79 Å². The van der Waals surface area contributed by atoms with Crippen LogP contribution < -0.4 is 4.90 Å². The summed E-state index contributed by atoms with van der Waals surface area (Å²) in [4.78, 5) is 16.2. The number of hydrogen-bond donors (Lipinski definition) is 0. The molecule has 4 rings (SSSR count). The van der Waals surface area contributed by atoms with E-state index in [-0.39, 0.29) is 0 Å². The monoisotopic (exact) mass is 311 g/mol. The largest absolute Gasteiger partial charge is 0.365 e. The second kappa shape index (κ2) is 6.07. The van der Waals surface area contributed by atoms with Gasteiger partial charge in [0.25, 0.3) is 0 Å². The molecule has 2 aromatic rings. The van der Waals surface area contributed by atoms with Gasteiger partial charge >= 0.3 is 0 Å². The van der Waals surface area contributed by atoms with Gasteiger partial charge in [-0.15, -0.1) is 0 Å². The first-order chi connectivity index (χ1) is 11.3. The standard InChI is InChI=1S/C18H21N3O2/c22-18-6-3-9-20(18)10-7-14-12-21(13-15-8-11-23-19-15)17-5-2-1-4-16(14)17/h1-2,4-5,8,11,14H,3,6-7,9-10,12-13H2/t14-/m1/s1. The molecule has 23 heavy (non-hydrogen) atoms. The van der Waals surface area contributed by atoms with Crippen LogP contribution in [0.3, 0.4) is 0 Å². The molecule has 0 N–H and O–H groups in total. The van der Waals surface area contributed by atoms with E-state index < -0.39 is 0 Å². The van der Waals surface area contributed by atoms with Crippen molar-refractivity contribution in [3.63, 3.8) is 0 Å². The summed E-state index contributed by atoms with van der Waals surface area (Å²) in [6.45, 7) is 3.55. The normalized spacial score (nSPS) is 20.3. The number of amides is 1. The first-order valence-corrected chi connectivity index (χ1v) is 8.32. The van der Waals surface area contributed by atoms with Crippen LogP contribution in [0.5, 0.6) is 0 Å². The summed E-state index contributed by atoms with van der Waals surface area (Å²) in [5, 5.41) is 4.03. The number of benzene rings is 1. The Morgan fingerprint density at radius 3 is 2.91 bits per heavy atom. The molecular formula is C18H21N3O2. The van der Waals surface area contributed by atoms with E-state index in [1.807, 2.05) is 11.0 Å². The van der Waals surface area contributed by atoms with Crippen LogP contribution in [-0.2, 0) is 11.3 Å². The van der Waals surface area contributed by atoms with E-state index >= 15 is 0 Å². The fourth-order valence-corrected chi connectivity index (χ4v) is 3.75. The minimum absolute atomic E-state index is 0.315. The van der Waals surface area contributed by atoms with Crippen LogP contribution in [-0.4, -0.2) is 35.6 Å². The zero-order valence-corrected chi connectivity index (χ0v) is 13.1. The van der Waals surface area contributed by atoms with Crippen molar-refractivity contribution >= 4 is 11.6 Å². The van der Waals surface area contributed by atoms with E-state index in [2.05, 4.69) is 34.3 Å². The highest BCUT2D eigenvalue weighted by molar-refractivity contribution is 5.78. The van der Waals surface area contributed by atoms with Crippen LogP contribution in [0.25, 0.3) is 0 Å². The average Bonchev–Trinajstić information content (AvgIpc) is 3.28. The van der Waals surface area contributed by atoms with Gasteiger partial charge in [-0.1, -0.05) is 23.4 Å². The number of para-hydroxylation sites is 1. The fourth-order valence-electron chi connectivity index (χ4n) is 3.75. The molecule has 1 saturated heterocycles. The Morgan fingerprint density at radius 2 is 2.13 bits per heavy atom. The number of likely N-dealkylation sites (tertiary alicyclic amines) is 1. The zero-order chi connectivity index (χ0) is 15.6. The van der Waals surface area contributed by atoms with E-state index in [4.69, 9.17) is 4.52 Å². The predicted octanol–water partition coefficient (Wildman–Crippen LogP) is 2.79. The molecule has 120 valence electrons. The lowest BCUT2D eigenvalue weighted by Gasteiger charge is -2.20. The molecule has 5 nitrogen and oxygen atoms in total. The molecule has 2 aliphatic rings. The van der Waals surface area contributed by atoms with E-state index in [1.54, 1.807) is 6.26 Å². The molecule has 0 bridgehead atoms. The number of fused-ring (bicyclic) bond motifs is 1. The quantitative estimate of drug-likeness (QED) is 0.852. The number of rotatable bonds is 5. The lowest BCUT2D eigenvalue weighted by molar-refractivity contribution is -0.127. The van der Waals surface area contributed by atoms with E-state index in [1.165, 1.54) is 11.3 Å². The van der Waals surface area contributed by atoms with Crippen LogP contribution in [0, 0.1) is 0 Å². The highest BCUT2D eigenvalue weighted by Gasteiger charge is 2.30. The number of aromatic nitrogens is 1. The highest BCUT2D eigenvalue weighted by Crippen LogP contribution is 2.38. The zero-order valence-electron chi connectivity index (χ0n) is 13.1. The molecule has 5 heteroatoms. The number of carbonyl (C=O) groups is 1. The Labute approximate surface area is 135 Å². The van der Waals surface area contributed by atoms with Gasteiger partial charge in [0.15, 0.2) is 0 Å². The van der Waals surface area contributed by atoms with Crippen LogP contribution in [0.15, 0.2) is 41.1 Å². The Balaban J connectivity index is 1.47. The number of carbonyl (C=O) groups excluding carboxylic acids is 1. The van der Waals surface area contributed by atoms with Gasteiger partial charge in [0.1, 0.15) is 12.0 Å². The summed E-state index contributed by atoms with van der Waals surface area (Å²) in [5.41, 5.74) is 3.63. The summed E-state index contributed by atoms with van der Waals surface area (Å²) >= 11 is 0. The minimum atomic E-state index is 0.315. The molecule has 0 unspecified atom stereocenters. The average molecular weight is 311 g/mol. The highest BCUT2D eigenvalue weighted by atomic mass is 16.5. The predicted molar refractivity (Wildman–Crippen MR) is 87.2 cm³/mol. The Morgan fingerprint density at radius 1 is 1.22 bits per heavy atom. The van der Waals surface area contributed by atoms with E-state index in [0.29, 0.717) is 11.8 Å². The summed E-state index contributed by atoms with van der Waals surface area (Å²) in [6.07, 6.45) is 4.38. The topological polar surface area (TPSA) is 49.6 Å². The van der Waals surface area contributed by atoms with Crippen molar-refractivity contribution in [1.29, 1.82) is 0 Å². The third kappa shape index (κ3) is 2.83. The second-order valence-corrected chi connectivity index (χ2v) is 6.40. The number of nitrogens with zero attached hydrogens (tertiary/aromatic N) is 3. The minimum Gasteiger partial charge on any atom is -0.365 e. The maximum Gasteiger partial charge on any atom is 0.222 e. The van der Waals surface area contributed by atoms with E-state index in [0.717, 1.165) is 51.1 Å². The van der Waals surface area contributed by atoms with Crippen molar-refractivity contribution in [2.45, 2.75) is 31.7 Å². The molecule has 0 aliphatic carbocycles. The third-order valence-corrected chi connectivity index (χ3v) is 4.92. The molecule has 3 heterocycles. The first-order valence-electron chi connectivity index (χ1n) is 8.32. The van der Waals surface area contributed by atoms with Crippen molar-refractivity contribution in [1.82, 2.24) is 10.1 Å². The second-order valence-electron chi connectivity index (χ2n) is 6.40. The molecule has 1 atom stereocenters. The Kier molecular flexibility index (Phi) is 3.77. The summed E-state index contributed by atoms with van der Waals surface area (Å²) in [5.74, 6) is 0.794. The molecule has 0 radical (unpaired) electrons. The van der Waals surface area contributed by atoms with Gasteiger partial charge in [-0.2, -0.15) is 0 Å².